The number of hydrogen-bond donors (Lipinski definition) is 0. The molecule has 240 valence electrons. The Balaban J connectivity index is 3.66. The highest BCUT2D eigenvalue weighted by Gasteiger charge is 2.19. The van der Waals surface area contributed by atoms with Gasteiger partial charge in [-0.15, -0.1) is 11.8 Å². The zero-order valence-corrected chi connectivity index (χ0v) is 28.7. The molecule has 3 heteroatoms. The molecule has 2 nitrogen and oxygen atoms in total. The topological polar surface area (TPSA) is 26.3 Å². The van der Waals surface area contributed by atoms with E-state index >= 15 is 0 Å². The van der Waals surface area contributed by atoms with Crippen LogP contribution in [-0.2, 0) is 9.53 Å². The third-order valence-electron chi connectivity index (χ3n) is 8.39. The molecule has 0 aromatic heterocycles. The number of ether oxygens (including phenoxy) is 1. The fourth-order valence-electron chi connectivity index (χ4n) is 5.58. The molecule has 0 saturated heterocycles. The standard InChI is InChI=1S/C37H74O2S/c1-4-7-10-12-14-16-18-19-20-21-22-23-24-26-28-31-34-39-37(38)36(33-30-9-6-3)40-35-32-29-27-25-17-15-13-11-8-5-2/h36H,4-35H2,1-3H3. The molecule has 0 aromatic carbocycles. The van der Waals surface area contributed by atoms with Crippen LogP contribution >= 0.6 is 11.8 Å². The number of carbonyl (C=O) groups excluding carboxylic acids is 1. The predicted octanol–water partition coefficient (Wildman–Crippen LogP) is 13.4. The van der Waals surface area contributed by atoms with Gasteiger partial charge in [-0.05, 0) is 25.0 Å². The van der Waals surface area contributed by atoms with Gasteiger partial charge in [0.25, 0.3) is 0 Å². The first kappa shape index (κ1) is 39.8. The maximum atomic E-state index is 12.8. The van der Waals surface area contributed by atoms with Gasteiger partial charge in [0.1, 0.15) is 5.25 Å². The summed E-state index contributed by atoms with van der Waals surface area (Å²) < 4.78 is 5.74. The molecule has 0 rings (SSSR count). The third kappa shape index (κ3) is 30.8. The van der Waals surface area contributed by atoms with Crippen molar-refractivity contribution in [1.29, 1.82) is 0 Å². The number of esters is 1. The summed E-state index contributed by atoms with van der Waals surface area (Å²) >= 11 is 1.87. The Hall–Kier alpha value is -0.180. The molecule has 0 radical (unpaired) electrons. The number of thioether (sulfide) groups is 1. The molecule has 0 heterocycles. The molecule has 0 spiro atoms. The van der Waals surface area contributed by atoms with E-state index in [1.165, 1.54) is 173 Å². The molecule has 0 aliphatic carbocycles. The van der Waals surface area contributed by atoms with Crippen LogP contribution in [0, 0.1) is 0 Å². The van der Waals surface area contributed by atoms with Gasteiger partial charge >= 0.3 is 5.97 Å². The fraction of sp³-hybridized carbons (Fsp3) is 0.973. The molecule has 0 saturated carbocycles. The second kappa shape index (κ2) is 35.0. The van der Waals surface area contributed by atoms with Crippen molar-refractivity contribution in [2.45, 2.75) is 219 Å². The molecule has 1 unspecified atom stereocenters. The summed E-state index contributed by atoms with van der Waals surface area (Å²) in [6.07, 6.45) is 40.3. The van der Waals surface area contributed by atoms with Crippen molar-refractivity contribution < 1.29 is 9.53 Å². The van der Waals surface area contributed by atoms with Gasteiger partial charge in [-0.3, -0.25) is 4.79 Å². The Kier molecular flexibility index (Phi) is 34.9. The van der Waals surface area contributed by atoms with E-state index in [-0.39, 0.29) is 11.2 Å². The summed E-state index contributed by atoms with van der Waals surface area (Å²) in [5.41, 5.74) is 0. The highest BCUT2D eigenvalue weighted by Crippen LogP contribution is 2.22. The van der Waals surface area contributed by atoms with Crippen LogP contribution in [0.25, 0.3) is 0 Å². The molecule has 0 fully saturated rings. The lowest BCUT2D eigenvalue weighted by Gasteiger charge is -2.16. The van der Waals surface area contributed by atoms with Crippen LogP contribution in [-0.4, -0.2) is 23.6 Å². The van der Waals surface area contributed by atoms with E-state index in [1.54, 1.807) is 0 Å². The first-order valence-electron chi connectivity index (χ1n) is 18.5. The van der Waals surface area contributed by atoms with Crippen LogP contribution < -0.4 is 0 Å². The largest absolute Gasteiger partial charge is 0.465 e. The van der Waals surface area contributed by atoms with E-state index in [0.29, 0.717) is 6.61 Å². The quantitative estimate of drug-likeness (QED) is 0.0557. The molecule has 0 N–H and O–H groups in total. The van der Waals surface area contributed by atoms with E-state index in [1.807, 2.05) is 11.8 Å². The maximum absolute atomic E-state index is 12.8. The lowest BCUT2D eigenvalue weighted by Crippen LogP contribution is -2.21. The molecular weight excluding hydrogens is 508 g/mol. The van der Waals surface area contributed by atoms with Crippen molar-refractivity contribution >= 4 is 17.7 Å². The summed E-state index contributed by atoms with van der Waals surface area (Å²) in [5.74, 6) is 1.18. The second-order valence-corrected chi connectivity index (χ2v) is 13.8. The Morgan fingerprint density at radius 3 is 1.18 bits per heavy atom. The molecular formula is C37H74O2S. The van der Waals surface area contributed by atoms with Crippen molar-refractivity contribution in [3.63, 3.8) is 0 Å². The normalized spacial score (nSPS) is 12.2. The van der Waals surface area contributed by atoms with Crippen molar-refractivity contribution in [3.05, 3.63) is 0 Å². The molecule has 1 atom stereocenters. The summed E-state index contributed by atoms with van der Waals surface area (Å²) in [5, 5.41) is 0.0613. The van der Waals surface area contributed by atoms with Crippen molar-refractivity contribution in [2.75, 3.05) is 12.4 Å². The summed E-state index contributed by atoms with van der Waals surface area (Å²) in [4.78, 5) is 12.8. The van der Waals surface area contributed by atoms with Gasteiger partial charge < -0.3 is 4.74 Å². The number of hydrogen-bond acceptors (Lipinski definition) is 3. The van der Waals surface area contributed by atoms with Crippen LogP contribution in [0.4, 0.5) is 0 Å². The second-order valence-electron chi connectivity index (χ2n) is 12.5. The zero-order valence-electron chi connectivity index (χ0n) is 27.9. The van der Waals surface area contributed by atoms with Gasteiger partial charge in [0.15, 0.2) is 0 Å². The minimum atomic E-state index is 0.0613. The molecule has 40 heavy (non-hydrogen) atoms. The molecule has 0 aromatic rings. The summed E-state index contributed by atoms with van der Waals surface area (Å²) in [6, 6.07) is 0. The van der Waals surface area contributed by atoms with Crippen molar-refractivity contribution in [1.82, 2.24) is 0 Å². The van der Waals surface area contributed by atoms with E-state index < -0.39 is 0 Å². The SMILES string of the molecule is CCCCCCCCCCCCCCCCCCOC(=O)C(CCCCC)SCCCCCCCCCCCC. The molecule has 0 aliphatic rings. The average Bonchev–Trinajstić information content (AvgIpc) is 2.96. The lowest BCUT2D eigenvalue weighted by molar-refractivity contribution is -0.143. The average molecular weight is 583 g/mol. The lowest BCUT2D eigenvalue weighted by atomic mass is 10.0. The van der Waals surface area contributed by atoms with Crippen LogP contribution in [0.1, 0.15) is 213 Å². The van der Waals surface area contributed by atoms with E-state index in [4.69, 9.17) is 4.74 Å². The highest BCUT2D eigenvalue weighted by molar-refractivity contribution is 8.00. The summed E-state index contributed by atoms with van der Waals surface area (Å²) in [7, 11) is 0. The zero-order chi connectivity index (χ0) is 29.2. The van der Waals surface area contributed by atoms with Crippen molar-refractivity contribution in [3.8, 4) is 0 Å². The Morgan fingerprint density at radius 2 is 0.775 bits per heavy atom. The molecule has 0 aliphatic heterocycles. The van der Waals surface area contributed by atoms with Gasteiger partial charge in [0.05, 0.1) is 6.61 Å². The number of rotatable bonds is 34. The number of unbranched alkanes of at least 4 members (excludes halogenated alkanes) is 26. The summed E-state index contributed by atoms with van der Waals surface area (Å²) in [6.45, 7) is 7.44. The van der Waals surface area contributed by atoms with Gasteiger partial charge in [-0.2, -0.15) is 0 Å². The van der Waals surface area contributed by atoms with Gasteiger partial charge in [-0.25, -0.2) is 0 Å². The van der Waals surface area contributed by atoms with Gasteiger partial charge in [0.2, 0.25) is 0 Å². The fourth-order valence-corrected chi connectivity index (χ4v) is 6.77. The predicted molar refractivity (Wildman–Crippen MR) is 183 cm³/mol. The molecule has 0 bridgehead atoms. The Bertz CT molecular complexity index is 481. The smallest absolute Gasteiger partial charge is 0.319 e. The van der Waals surface area contributed by atoms with E-state index in [0.717, 1.165) is 25.0 Å². The van der Waals surface area contributed by atoms with E-state index in [9.17, 15) is 4.79 Å². The molecule has 0 amide bonds. The number of carbonyl (C=O) groups is 1. The minimum absolute atomic E-state index is 0.0613. The van der Waals surface area contributed by atoms with Gasteiger partial charge in [-0.1, -0.05) is 194 Å². The first-order chi connectivity index (χ1) is 19.8. The van der Waals surface area contributed by atoms with Crippen molar-refractivity contribution in [2.24, 2.45) is 0 Å². The minimum Gasteiger partial charge on any atom is -0.465 e. The third-order valence-corrected chi connectivity index (χ3v) is 9.75. The van der Waals surface area contributed by atoms with Crippen LogP contribution in [0.2, 0.25) is 0 Å². The monoisotopic (exact) mass is 583 g/mol. The van der Waals surface area contributed by atoms with Crippen LogP contribution in [0.3, 0.4) is 0 Å². The van der Waals surface area contributed by atoms with Crippen LogP contribution in [0.5, 0.6) is 0 Å². The maximum Gasteiger partial charge on any atom is 0.319 e. The van der Waals surface area contributed by atoms with E-state index in [2.05, 4.69) is 20.8 Å². The van der Waals surface area contributed by atoms with Crippen LogP contribution in [0.15, 0.2) is 0 Å². The Labute approximate surface area is 257 Å². The first-order valence-corrected chi connectivity index (χ1v) is 19.6. The Morgan fingerprint density at radius 1 is 0.450 bits per heavy atom. The van der Waals surface area contributed by atoms with Gasteiger partial charge in [0, 0.05) is 0 Å². The highest BCUT2D eigenvalue weighted by atomic mass is 32.2.